The summed E-state index contributed by atoms with van der Waals surface area (Å²) in [5.74, 6) is -0.272. The van der Waals surface area contributed by atoms with Crippen LogP contribution in [0, 0.1) is 0 Å². The van der Waals surface area contributed by atoms with Gasteiger partial charge in [-0.25, -0.2) is 8.42 Å². The summed E-state index contributed by atoms with van der Waals surface area (Å²) in [4.78, 5) is 13.0. The standard InChI is InChI=1S/C20H23BrN2O3S/c21-16-10-12-18(13-11-16)27(25,26)23-19(14-15-6-2-1-3-7-15)20(24)22-17-8-4-5-9-17/h1-3,6-7,10-13,17,19,23H,4-5,8-9,14H2,(H,22,24)/t19-/m0/s1. The molecule has 0 unspecified atom stereocenters. The lowest BCUT2D eigenvalue weighted by Crippen LogP contribution is -2.50. The van der Waals surface area contributed by atoms with E-state index < -0.39 is 16.1 Å². The third-order valence-electron chi connectivity index (χ3n) is 4.72. The predicted molar refractivity (Wildman–Crippen MR) is 109 cm³/mol. The number of benzene rings is 2. The van der Waals surface area contributed by atoms with Gasteiger partial charge in [-0.1, -0.05) is 59.1 Å². The Labute approximate surface area is 168 Å². The van der Waals surface area contributed by atoms with Crippen LogP contribution in [0.2, 0.25) is 0 Å². The topological polar surface area (TPSA) is 75.3 Å². The molecule has 1 fully saturated rings. The molecule has 27 heavy (non-hydrogen) atoms. The quantitative estimate of drug-likeness (QED) is 0.678. The van der Waals surface area contributed by atoms with E-state index in [1.54, 1.807) is 12.1 Å². The van der Waals surface area contributed by atoms with E-state index in [1.807, 2.05) is 30.3 Å². The molecule has 0 bridgehead atoms. The summed E-state index contributed by atoms with van der Waals surface area (Å²) in [7, 11) is -3.81. The fraction of sp³-hybridized carbons (Fsp3) is 0.350. The van der Waals surface area contributed by atoms with Crippen molar-refractivity contribution in [3.8, 4) is 0 Å². The third kappa shape index (κ3) is 5.64. The van der Waals surface area contributed by atoms with Crippen molar-refractivity contribution < 1.29 is 13.2 Å². The Morgan fingerprint density at radius 1 is 1.04 bits per heavy atom. The van der Waals surface area contributed by atoms with Gasteiger partial charge in [0.15, 0.2) is 0 Å². The number of nitrogens with one attached hydrogen (secondary N) is 2. The molecule has 1 amide bonds. The lowest BCUT2D eigenvalue weighted by Gasteiger charge is -2.21. The van der Waals surface area contributed by atoms with Crippen molar-refractivity contribution in [3.05, 3.63) is 64.6 Å². The van der Waals surface area contributed by atoms with Crippen molar-refractivity contribution in [1.29, 1.82) is 0 Å². The van der Waals surface area contributed by atoms with Crippen molar-refractivity contribution in [2.24, 2.45) is 0 Å². The summed E-state index contributed by atoms with van der Waals surface area (Å²) in [5, 5.41) is 3.01. The van der Waals surface area contributed by atoms with Crippen molar-refractivity contribution in [2.45, 2.75) is 49.1 Å². The molecule has 1 aliphatic rings. The Morgan fingerprint density at radius 2 is 1.67 bits per heavy atom. The van der Waals surface area contributed by atoms with Gasteiger partial charge < -0.3 is 5.32 Å². The molecule has 0 radical (unpaired) electrons. The Hall–Kier alpha value is -1.70. The van der Waals surface area contributed by atoms with Crippen LogP contribution < -0.4 is 10.0 Å². The number of hydrogen-bond donors (Lipinski definition) is 2. The molecule has 1 saturated carbocycles. The molecule has 3 rings (SSSR count). The number of carbonyl (C=O) groups is 1. The Kier molecular flexibility index (Phi) is 6.68. The fourth-order valence-corrected chi connectivity index (χ4v) is 4.74. The minimum atomic E-state index is -3.81. The van der Waals surface area contributed by atoms with Crippen LogP contribution in [-0.4, -0.2) is 26.4 Å². The first-order valence-corrected chi connectivity index (χ1v) is 11.3. The monoisotopic (exact) mass is 450 g/mol. The molecule has 2 N–H and O–H groups in total. The van der Waals surface area contributed by atoms with Crippen molar-refractivity contribution in [3.63, 3.8) is 0 Å². The number of halogens is 1. The number of carbonyl (C=O) groups excluding carboxylic acids is 1. The van der Waals surface area contributed by atoms with E-state index in [1.165, 1.54) is 12.1 Å². The molecule has 0 heterocycles. The zero-order valence-corrected chi connectivity index (χ0v) is 17.3. The average molecular weight is 451 g/mol. The molecule has 144 valence electrons. The van der Waals surface area contributed by atoms with E-state index in [0.717, 1.165) is 35.7 Å². The van der Waals surface area contributed by atoms with E-state index in [-0.39, 0.29) is 16.8 Å². The van der Waals surface area contributed by atoms with Crippen LogP contribution in [0.3, 0.4) is 0 Å². The largest absolute Gasteiger partial charge is 0.352 e. The van der Waals surface area contributed by atoms with E-state index in [9.17, 15) is 13.2 Å². The lowest BCUT2D eigenvalue weighted by molar-refractivity contribution is -0.123. The SMILES string of the molecule is O=C(NC1CCCC1)[C@H](Cc1ccccc1)NS(=O)(=O)c1ccc(Br)cc1. The summed E-state index contributed by atoms with van der Waals surface area (Å²) < 4.78 is 28.9. The molecule has 2 aromatic rings. The first kappa shape index (κ1) is 20.0. The summed E-state index contributed by atoms with van der Waals surface area (Å²) in [5.41, 5.74) is 0.905. The smallest absolute Gasteiger partial charge is 0.241 e. The summed E-state index contributed by atoms with van der Waals surface area (Å²) in [6.07, 6.45) is 4.39. The van der Waals surface area contributed by atoms with E-state index in [0.29, 0.717) is 6.42 Å². The van der Waals surface area contributed by atoms with Crippen LogP contribution in [0.5, 0.6) is 0 Å². The molecule has 0 spiro atoms. The van der Waals surface area contributed by atoms with Crippen LogP contribution in [0.4, 0.5) is 0 Å². The Bertz CT molecular complexity index is 864. The molecule has 1 aliphatic carbocycles. The molecule has 2 aromatic carbocycles. The maximum absolute atomic E-state index is 12.8. The van der Waals surface area contributed by atoms with E-state index in [4.69, 9.17) is 0 Å². The van der Waals surface area contributed by atoms with Crippen LogP contribution in [0.1, 0.15) is 31.2 Å². The number of amides is 1. The molecule has 0 aromatic heterocycles. The van der Waals surface area contributed by atoms with Gasteiger partial charge in [0.25, 0.3) is 0 Å². The van der Waals surface area contributed by atoms with Crippen molar-refractivity contribution in [2.75, 3.05) is 0 Å². The van der Waals surface area contributed by atoms with E-state index >= 15 is 0 Å². The lowest BCUT2D eigenvalue weighted by atomic mass is 10.1. The summed E-state index contributed by atoms with van der Waals surface area (Å²) >= 11 is 3.30. The second-order valence-corrected chi connectivity index (χ2v) is 9.44. The molecular weight excluding hydrogens is 428 g/mol. The van der Waals surface area contributed by atoms with Crippen LogP contribution in [-0.2, 0) is 21.2 Å². The molecule has 7 heteroatoms. The number of rotatable bonds is 7. The van der Waals surface area contributed by atoms with Crippen molar-refractivity contribution in [1.82, 2.24) is 10.0 Å². The van der Waals surface area contributed by atoms with Gasteiger partial charge in [0.05, 0.1) is 4.90 Å². The molecular formula is C20H23BrN2O3S. The maximum Gasteiger partial charge on any atom is 0.241 e. The summed E-state index contributed by atoms with van der Waals surface area (Å²) in [6.45, 7) is 0. The van der Waals surface area contributed by atoms with Crippen LogP contribution in [0.25, 0.3) is 0 Å². The highest BCUT2D eigenvalue weighted by atomic mass is 79.9. The minimum absolute atomic E-state index is 0.132. The first-order chi connectivity index (χ1) is 12.9. The van der Waals surface area contributed by atoms with Crippen LogP contribution in [0.15, 0.2) is 64.0 Å². The van der Waals surface area contributed by atoms with Gasteiger partial charge >= 0.3 is 0 Å². The van der Waals surface area contributed by atoms with Crippen molar-refractivity contribution >= 4 is 31.9 Å². The second-order valence-electron chi connectivity index (χ2n) is 6.81. The van der Waals surface area contributed by atoms with Gasteiger partial charge in [-0.2, -0.15) is 4.72 Å². The normalized spacial score (nSPS) is 16.2. The highest BCUT2D eigenvalue weighted by Crippen LogP contribution is 2.19. The molecule has 5 nitrogen and oxygen atoms in total. The molecule has 1 atom stereocenters. The number of sulfonamides is 1. The van der Waals surface area contributed by atoms with Gasteiger partial charge in [-0.3, -0.25) is 4.79 Å². The maximum atomic E-state index is 12.8. The average Bonchev–Trinajstić information content (AvgIpc) is 3.15. The second kappa shape index (κ2) is 8.99. The van der Waals surface area contributed by atoms with Gasteiger partial charge in [0.2, 0.25) is 15.9 Å². The minimum Gasteiger partial charge on any atom is -0.352 e. The van der Waals surface area contributed by atoms with Gasteiger partial charge in [0, 0.05) is 10.5 Å². The van der Waals surface area contributed by atoms with Gasteiger partial charge in [-0.15, -0.1) is 0 Å². The van der Waals surface area contributed by atoms with E-state index in [2.05, 4.69) is 26.0 Å². The molecule has 0 saturated heterocycles. The Morgan fingerprint density at radius 3 is 2.30 bits per heavy atom. The highest BCUT2D eigenvalue weighted by Gasteiger charge is 2.28. The first-order valence-electron chi connectivity index (χ1n) is 9.06. The Balaban J connectivity index is 1.79. The fourth-order valence-electron chi connectivity index (χ4n) is 3.28. The van der Waals surface area contributed by atoms with Gasteiger partial charge in [-0.05, 0) is 49.1 Å². The number of hydrogen-bond acceptors (Lipinski definition) is 3. The summed E-state index contributed by atoms with van der Waals surface area (Å²) in [6, 6.07) is 15.1. The molecule has 0 aliphatic heterocycles. The zero-order chi connectivity index (χ0) is 19.3. The third-order valence-corrected chi connectivity index (χ3v) is 6.74. The van der Waals surface area contributed by atoms with Gasteiger partial charge in [0.1, 0.15) is 6.04 Å². The van der Waals surface area contributed by atoms with Crippen LogP contribution >= 0.6 is 15.9 Å². The highest BCUT2D eigenvalue weighted by molar-refractivity contribution is 9.10. The zero-order valence-electron chi connectivity index (χ0n) is 14.9. The predicted octanol–water partition coefficient (Wildman–Crippen LogP) is 3.40.